The maximum absolute atomic E-state index is 11.1. The van der Waals surface area contributed by atoms with E-state index in [4.69, 9.17) is 10.8 Å². The van der Waals surface area contributed by atoms with Crippen molar-refractivity contribution in [2.45, 2.75) is 18.8 Å². The molecule has 0 atom stereocenters. The highest BCUT2D eigenvalue weighted by molar-refractivity contribution is 5.73. The van der Waals surface area contributed by atoms with Gasteiger partial charge >= 0.3 is 6.09 Å². The average molecular weight is 337 g/mol. The number of anilines is 1. The molecular weight excluding hydrogens is 318 g/mol. The second-order valence-electron chi connectivity index (χ2n) is 6.33. The molecule has 0 aliphatic carbocycles. The molecule has 1 aromatic carbocycles. The highest BCUT2D eigenvalue weighted by atomic mass is 16.4. The van der Waals surface area contributed by atoms with E-state index in [0.29, 0.717) is 24.8 Å². The summed E-state index contributed by atoms with van der Waals surface area (Å²) in [6.07, 6.45) is 2.32. The van der Waals surface area contributed by atoms with E-state index < -0.39 is 6.09 Å². The van der Waals surface area contributed by atoms with Gasteiger partial charge in [0.25, 0.3) is 0 Å². The molecule has 0 saturated carbocycles. The quantitative estimate of drug-likeness (QED) is 0.749. The molecule has 0 spiro atoms. The number of rotatable bonds is 2. The van der Waals surface area contributed by atoms with Gasteiger partial charge in [-0.25, -0.2) is 14.3 Å². The van der Waals surface area contributed by atoms with E-state index >= 15 is 0 Å². The van der Waals surface area contributed by atoms with Gasteiger partial charge in [0.1, 0.15) is 11.8 Å². The summed E-state index contributed by atoms with van der Waals surface area (Å²) in [6.45, 7) is 1.17. The van der Waals surface area contributed by atoms with Gasteiger partial charge in [-0.05, 0) is 42.5 Å². The van der Waals surface area contributed by atoms with Crippen LogP contribution in [0.2, 0.25) is 0 Å². The molecule has 2 aromatic heterocycles. The Morgan fingerprint density at radius 1 is 1.20 bits per heavy atom. The van der Waals surface area contributed by atoms with Crippen LogP contribution in [-0.4, -0.2) is 43.8 Å². The first-order chi connectivity index (χ1) is 12.1. The summed E-state index contributed by atoms with van der Waals surface area (Å²) in [6, 6.07) is 12.3. The van der Waals surface area contributed by atoms with Crippen molar-refractivity contribution in [2.24, 2.45) is 0 Å². The summed E-state index contributed by atoms with van der Waals surface area (Å²) in [5.74, 6) is 0.833. The van der Waals surface area contributed by atoms with Crippen LogP contribution < -0.4 is 5.73 Å². The van der Waals surface area contributed by atoms with Crippen molar-refractivity contribution in [1.29, 1.82) is 0 Å². The van der Waals surface area contributed by atoms with Gasteiger partial charge in [-0.2, -0.15) is 5.10 Å². The molecular formula is C18H19N5O2. The van der Waals surface area contributed by atoms with E-state index in [-0.39, 0.29) is 0 Å². The van der Waals surface area contributed by atoms with Crippen molar-refractivity contribution >= 4 is 17.4 Å². The van der Waals surface area contributed by atoms with Crippen LogP contribution in [0, 0.1) is 0 Å². The zero-order valence-electron chi connectivity index (χ0n) is 13.7. The number of hydrogen-bond acceptors (Lipinski definition) is 4. The number of nitrogens with zero attached hydrogens (tertiary/aromatic N) is 4. The van der Waals surface area contributed by atoms with Gasteiger partial charge < -0.3 is 15.7 Å². The summed E-state index contributed by atoms with van der Waals surface area (Å²) >= 11 is 0. The fourth-order valence-corrected chi connectivity index (χ4v) is 3.53. The average Bonchev–Trinajstić information content (AvgIpc) is 3.07. The molecule has 0 bridgehead atoms. The maximum atomic E-state index is 11.1. The Bertz CT molecular complexity index is 928. The molecule has 128 valence electrons. The van der Waals surface area contributed by atoms with E-state index in [9.17, 15) is 4.79 Å². The first-order valence-corrected chi connectivity index (χ1v) is 8.30. The molecule has 7 nitrogen and oxygen atoms in total. The lowest BCUT2D eigenvalue weighted by Crippen LogP contribution is -2.36. The summed E-state index contributed by atoms with van der Waals surface area (Å²) in [4.78, 5) is 16.6. The van der Waals surface area contributed by atoms with Gasteiger partial charge in [0.05, 0.1) is 5.69 Å². The molecule has 1 amide bonds. The molecule has 0 radical (unpaired) electrons. The number of nitrogen functional groups attached to an aromatic ring is 1. The molecule has 0 unspecified atom stereocenters. The molecule has 1 saturated heterocycles. The second-order valence-corrected chi connectivity index (χ2v) is 6.33. The molecule has 1 fully saturated rings. The largest absolute Gasteiger partial charge is 0.465 e. The minimum atomic E-state index is -0.830. The van der Waals surface area contributed by atoms with Crippen molar-refractivity contribution in [1.82, 2.24) is 19.5 Å². The van der Waals surface area contributed by atoms with E-state index in [1.54, 1.807) is 4.52 Å². The number of nitrogens with two attached hydrogens (primary N) is 1. The Balaban J connectivity index is 1.64. The number of carbonyl (C=O) groups is 1. The zero-order chi connectivity index (χ0) is 17.4. The third kappa shape index (κ3) is 2.77. The van der Waals surface area contributed by atoms with Gasteiger partial charge in [-0.3, -0.25) is 0 Å². The van der Waals surface area contributed by atoms with Gasteiger partial charge in [0.15, 0.2) is 5.82 Å². The summed E-state index contributed by atoms with van der Waals surface area (Å²) in [7, 11) is 0. The SMILES string of the molecule is Nc1ncnn2c(-c3cccc(C4CCN(C(=O)O)CC4)c3)ccc12. The Labute approximate surface area is 144 Å². The Kier molecular flexibility index (Phi) is 3.76. The normalized spacial score (nSPS) is 15.6. The van der Waals surface area contributed by atoms with Crippen molar-refractivity contribution in [3.63, 3.8) is 0 Å². The van der Waals surface area contributed by atoms with Crippen molar-refractivity contribution in [2.75, 3.05) is 18.8 Å². The van der Waals surface area contributed by atoms with E-state index in [2.05, 4.69) is 28.3 Å². The topological polar surface area (TPSA) is 96.8 Å². The molecule has 3 aromatic rings. The smallest absolute Gasteiger partial charge is 0.407 e. The Hall–Kier alpha value is -3.09. The number of fused-ring (bicyclic) bond motifs is 1. The lowest BCUT2D eigenvalue weighted by atomic mass is 9.88. The first-order valence-electron chi connectivity index (χ1n) is 8.30. The van der Waals surface area contributed by atoms with E-state index in [1.165, 1.54) is 16.8 Å². The number of benzene rings is 1. The van der Waals surface area contributed by atoms with Crippen LogP contribution in [0.5, 0.6) is 0 Å². The number of likely N-dealkylation sites (tertiary alicyclic amines) is 1. The van der Waals surface area contributed by atoms with E-state index in [1.807, 2.05) is 18.2 Å². The zero-order valence-corrected chi connectivity index (χ0v) is 13.7. The highest BCUT2D eigenvalue weighted by Crippen LogP contribution is 2.31. The summed E-state index contributed by atoms with van der Waals surface area (Å²) in [5.41, 5.74) is 9.97. The monoisotopic (exact) mass is 337 g/mol. The van der Waals surface area contributed by atoms with Crippen LogP contribution in [0.1, 0.15) is 24.3 Å². The summed E-state index contributed by atoms with van der Waals surface area (Å²) < 4.78 is 1.80. The van der Waals surface area contributed by atoms with Crippen LogP contribution in [-0.2, 0) is 0 Å². The van der Waals surface area contributed by atoms with Crippen LogP contribution in [0.15, 0.2) is 42.7 Å². The van der Waals surface area contributed by atoms with E-state index in [0.717, 1.165) is 29.6 Å². The van der Waals surface area contributed by atoms with Gasteiger partial charge in [-0.15, -0.1) is 0 Å². The molecule has 3 N–H and O–H groups in total. The first kappa shape index (κ1) is 15.4. The third-order valence-corrected chi connectivity index (χ3v) is 4.90. The fourth-order valence-electron chi connectivity index (χ4n) is 3.53. The van der Waals surface area contributed by atoms with Gasteiger partial charge in [0, 0.05) is 18.7 Å². The van der Waals surface area contributed by atoms with Crippen LogP contribution in [0.3, 0.4) is 0 Å². The third-order valence-electron chi connectivity index (χ3n) is 4.90. The number of carboxylic acid groups (broad SMARTS) is 1. The molecule has 7 heteroatoms. The number of piperidine rings is 1. The van der Waals surface area contributed by atoms with Gasteiger partial charge in [-0.1, -0.05) is 18.2 Å². The predicted molar refractivity (Wildman–Crippen MR) is 94.4 cm³/mol. The van der Waals surface area contributed by atoms with Crippen LogP contribution >= 0.6 is 0 Å². The number of aromatic nitrogens is 3. The van der Waals surface area contributed by atoms with Crippen molar-refractivity contribution < 1.29 is 9.90 Å². The Morgan fingerprint density at radius 3 is 2.76 bits per heavy atom. The Morgan fingerprint density at radius 2 is 2.00 bits per heavy atom. The van der Waals surface area contributed by atoms with Crippen molar-refractivity contribution in [3.8, 4) is 11.3 Å². The standard InChI is InChI=1S/C18H19N5O2/c19-17-16-5-4-15(23(16)21-11-20-17)14-3-1-2-13(10-14)12-6-8-22(9-7-12)18(24)25/h1-5,10-12H,6-9H2,(H,24,25)(H2,19,20,21). The predicted octanol–water partition coefficient (Wildman–Crippen LogP) is 2.84. The molecule has 25 heavy (non-hydrogen) atoms. The highest BCUT2D eigenvalue weighted by Gasteiger charge is 2.23. The molecule has 1 aliphatic rings. The summed E-state index contributed by atoms with van der Waals surface area (Å²) in [5, 5.41) is 13.4. The number of hydrogen-bond donors (Lipinski definition) is 2. The number of amides is 1. The molecule has 3 heterocycles. The second kappa shape index (κ2) is 6.08. The van der Waals surface area contributed by atoms with Gasteiger partial charge in [0.2, 0.25) is 0 Å². The van der Waals surface area contributed by atoms with Crippen LogP contribution in [0.25, 0.3) is 16.8 Å². The molecule has 1 aliphatic heterocycles. The lowest BCUT2D eigenvalue weighted by molar-refractivity contribution is 0.132. The van der Waals surface area contributed by atoms with Crippen molar-refractivity contribution in [3.05, 3.63) is 48.3 Å². The minimum absolute atomic E-state index is 0.376. The molecule has 4 rings (SSSR count). The maximum Gasteiger partial charge on any atom is 0.407 e. The minimum Gasteiger partial charge on any atom is -0.465 e. The van der Waals surface area contributed by atoms with Crippen LogP contribution in [0.4, 0.5) is 10.6 Å². The fraction of sp³-hybridized carbons (Fsp3) is 0.278. The lowest BCUT2D eigenvalue weighted by Gasteiger charge is -2.30.